The van der Waals surface area contributed by atoms with Crippen molar-refractivity contribution in [3.63, 3.8) is 0 Å². The first-order chi connectivity index (χ1) is 8.97. The molecule has 2 rings (SSSR count). The van der Waals surface area contributed by atoms with Gasteiger partial charge in [-0.1, -0.05) is 29.3 Å². The number of ether oxygens (including phenoxy) is 1. The van der Waals surface area contributed by atoms with Gasteiger partial charge in [-0.25, -0.2) is 0 Å². The van der Waals surface area contributed by atoms with Crippen LogP contribution < -0.4 is 4.74 Å². The Kier molecular flexibility index (Phi) is 3.82. The zero-order valence-corrected chi connectivity index (χ0v) is 10.7. The van der Waals surface area contributed by atoms with E-state index in [4.69, 9.17) is 27.9 Å². The second kappa shape index (κ2) is 5.38. The minimum Gasteiger partial charge on any atom is -0.432 e. The number of aromatic nitrogens is 1. The van der Waals surface area contributed by atoms with Crippen LogP contribution in [0.15, 0.2) is 30.3 Å². The summed E-state index contributed by atoms with van der Waals surface area (Å²) >= 11 is 11.4. The first-order valence-electron chi connectivity index (χ1n) is 4.91. The van der Waals surface area contributed by atoms with E-state index >= 15 is 0 Å². The standard InChI is InChI=1S/C11H5Cl2FN2O3/c12-6-4-8(16(17)18)9(5-7(6)13)19-11-3-1-2-10(14)15-11/h1-5H. The first kappa shape index (κ1) is 13.5. The van der Waals surface area contributed by atoms with E-state index in [-0.39, 0.29) is 27.4 Å². The highest BCUT2D eigenvalue weighted by atomic mass is 35.5. The number of hydrogen-bond acceptors (Lipinski definition) is 4. The van der Waals surface area contributed by atoms with Gasteiger partial charge in [0.2, 0.25) is 17.6 Å². The molecular formula is C11H5Cl2FN2O3. The van der Waals surface area contributed by atoms with Gasteiger partial charge < -0.3 is 4.74 Å². The summed E-state index contributed by atoms with van der Waals surface area (Å²) in [7, 11) is 0. The number of halogens is 3. The molecule has 0 bridgehead atoms. The normalized spacial score (nSPS) is 10.3. The van der Waals surface area contributed by atoms with Gasteiger partial charge in [-0.3, -0.25) is 10.1 Å². The van der Waals surface area contributed by atoms with Crippen molar-refractivity contribution in [2.24, 2.45) is 0 Å². The molecule has 8 heteroatoms. The van der Waals surface area contributed by atoms with E-state index in [9.17, 15) is 14.5 Å². The molecule has 0 radical (unpaired) electrons. The van der Waals surface area contributed by atoms with Crippen molar-refractivity contribution in [1.29, 1.82) is 0 Å². The van der Waals surface area contributed by atoms with Gasteiger partial charge in [0.25, 0.3) is 0 Å². The Morgan fingerprint density at radius 1 is 1.26 bits per heavy atom. The third kappa shape index (κ3) is 3.10. The van der Waals surface area contributed by atoms with Crippen LogP contribution in [0.1, 0.15) is 0 Å². The quantitative estimate of drug-likeness (QED) is 0.483. The number of rotatable bonds is 3. The highest BCUT2D eigenvalue weighted by Crippen LogP contribution is 2.37. The highest BCUT2D eigenvalue weighted by Gasteiger charge is 2.19. The Morgan fingerprint density at radius 3 is 2.58 bits per heavy atom. The zero-order valence-electron chi connectivity index (χ0n) is 9.14. The maximum absolute atomic E-state index is 12.9. The van der Waals surface area contributed by atoms with Gasteiger partial charge in [0.05, 0.1) is 15.0 Å². The summed E-state index contributed by atoms with van der Waals surface area (Å²) in [5.74, 6) is -1.06. The number of hydrogen-bond donors (Lipinski definition) is 0. The van der Waals surface area contributed by atoms with Crippen LogP contribution in [0.5, 0.6) is 11.6 Å². The number of nitro benzene ring substituents is 1. The van der Waals surface area contributed by atoms with Gasteiger partial charge >= 0.3 is 5.69 Å². The van der Waals surface area contributed by atoms with E-state index in [1.807, 2.05) is 0 Å². The smallest absolute Gasteiger partial charge is 0.313 e. The molecule has 5 nitrogen and oxygen atoms in total. The summed E-state index contributed by atoms with van der Waals surface area (Å²) in [6, 6.07) is 6.07. The highest BCUT2D eigenvalue weighted by molar-refractivity contribution is 6.42. The molecule has 0 saturated carbocycles. The minimum atomic E-state index is -0.764. The Labute approximate surface area is 116 Å². The van der Waals surface area contributed by atoms with E-state index in [1.54, 1.807) is 0 Å². The van der Waals surface area contributed by atoms with Crippen LogP contribution >= 0.6 is 23.2 Å². The Balaban J connectivity index is 2.44. The molecule has 98 valence electrons. The Bertz CT molecular complexity index is 652. The zero-order chi connectivity index (χ0) is 14.0. The molecule has 2 aromatic rings. The van der Waals surface area contributed by atoms with Crippen LogP contribution in [0.3, 0.4) is 0 Å². The van der Waals surface area contributed by atoms with Crippen LogP contribution in [0.25, 0.3) is 0 Å². The van der Waals surface area contributed by atoms with Gasteiger partial charge in [-0.2, -0.15) is 9.37 Å². The monoisotopic (exact) mass is 302 g/mol. The van der Waals surface area contributed by atoms with Crippen molar-refractivity contribution < 1.29 is 14.1 Å². The SMILES string of the molecule is O=[N+]([O-])c1cc(Cl)c(Cl)cc1Oc1cccc(F)n1. The maximum Gasteiger partial charge on any atom is 0.313 e. The van der Waals surface area contributed by atoms with Crippen molar-refractivity contribution in [3.05, 3.63) is 56.4 Å². The number of nitro groups is 1. The maximum atomic E-state index is 12.9. The minimum absolute atomic E-state index is 0.0212. The van der Waals surface area contributed by atoms with Crippen molar-refractivity contribution in [1.82, 2.24) is 4.98 Å². The van der Waals surface area contributed by atoms with Gasteiger partial charge in [-0.15, -0.1) is 0 Å². The predicted octanol–water partition coefficient (Wildman–Crippen LogP) is 4.23. The van der Waals surface area contributed by atoms with Crippen LogP contribution in [0, 0.1) is 16.1 Å². The topological polar surface area (TPSA) is 65.3 Å². The molecule has 19 heavy (non-hydrogen) atoms. The van der Waals surface area contributed by atoms with Gasteiger partial charge in [0, 0.05) is 18.2 Å². The molecule has 0 aliphatic heterocycles. The van der Waals surface area contributed by atoms with E-state index < -0.39 is 10.9 Å². The molecule has 0 saturated heterocycles. The lowest BCUT2D eigenvalue weighted by atomic mass is 10.3. The molecule has 0 fully saturated rings. The van der Waals surface area contributed by atoms with Crippen molar-refractivity contribution in [3.8, 4) is 11.6 Å². The van der Waals surface area contributed by atoms with Crippen LogP contribution in [-0.4, -0.2) is 9.91 Å². The molecule has 0 aliphatic rings. The summed E-state index contributed by atoms with van der Waals surface area (Å²) < 4.78 is 18.1. The third-order valence-corrected chi connectivity index (χ3v) is 2.82. The Morgan fingerprint density at radius 2 is 1.95 bits per heavy atom. The molecule has 1 heterocycles. The number of benzene rings is 1. The number of pyridine rings is 1. The van der Waals surface area contributed by atoms with Gasteiger partial charge in [-0.05, 0) is 6.07 Å². The lowest BCUT2D eigenvalue weighted by Crippen LogP contribution is -1.96. The first-order valence-corrected chi connectivity index (χ1v) is 5.67. The van der Waals surface area contributed by atoms with Crippen molar-refractivity contribution in [2.75, 3.05) is 0 Å². The van der Waals surface area contributed by atoms with E-state index in [2.05, 4.69) is 4.98 Å². The van der Waals surface area contributed by atoms with Crippen LogP contribution in [-0.2, 0) is 0 Å². The lowest BCUT2D eigenvalue weighted by Gasteiger charge is -2.06. The second-order valence-corrected chi connectivity index (χ2v) is 4.21. The summed E-state index contributed by atoms with van der Waals surface area (Å²) in [5, 5.41) is 11.0. The Hall–Kier alpha value is -1.92. The van der Waals surface area contributed by atoms with E-state index in [0.29, 0.717) is 0 Å². The summed E-state index contributed by atoms with van der Waals surface area (Å²) in [6.45, 7) is 0. The van der Waals surface area contributed by atoms with Crippen LogP contribution in [0.2, 0.25) is 10.0 Å². The fourth-order valence-corrected chi connectivity index (χ4v) is 1.61. The molecule has 0 unspecified atom stereocenters. The molecule has 1 aromatic carbocycles. The number of nitrogens with zero attached hydrogens (tertiary/aromatic N) is 2. The van der Waals surface area contributed by atoms with Gasteiger partial charge in [0.1, 0.15) is 0 Å². The summed E-state index contributed by atoms with van der Waals surface area (Å²) in [4.78, 5) is 13.6. The largest absolute Gasteiger partial charge is 0.432 e. The fourth-order valence-electron chi connectivity index (χ4n) is 1.30. The van der Waals surface area contributed by atoms with E-state index in [1.165, 1.54) is 18.2 Å². The molecule has 0 N–H and O–H groups in total. The van der Waals surface area contributed by atoms with E-state index in [0.717, 1.165) is 12.1 Å². The summed E-state index contributed by atoms with van der Waals surface area (Å²) in [6.07, 6.45) is 0. The second-order valence-electron chi connectivity index (χ2n) is 3.39. The molecular weight excluding hydrogens is 298 g/mol. The third-order valence-electron chi connectivity index (χ3n) is 2.10. The van der Waals surface area contributed by atoms with Gasteiger partial charge in [0.15, 0.2) is 0 Å². The average Bonchev–Trinajstić information content (AvgIpc) is 2.33. The molecule has 0 amide bonds. The fraction of sp³-hybridized carbons (Fsp3) is 0. The molecule has 0 spiro atoms. The lowest BCUT2D eigenvalue weighted by molar-refractivity contribution is -0.385. The average molecular weight is 303 g/mol. The van der Waals surface area contributed by atoms with Crippen molar-refractivity contribution in [2.45, 2.75) is 0 Å². The summed E-state index contributed by atoms with van der Waals surface area (Å²) in [5.41, 5.74) is -0.388. The molecule has 1 aromatic heterocycles. The predicted molar refractivity (Wildman–Crippen MR) is 67.4 cm³/mol. The molecule has 0 atom stereocenters. The molecule has 0 aliphatic carbocycles. The van der Waals surface area contributed by atoms with Crippen LogP contribution in [0.4, 0.5) is 10.1 Å². The van der Waals surface area contributed by atoms with Crippen molar-refractivity contribution >= 4 is 28.9 Å².